The molecule has 0 heterocycles. The van der Waals surface area contributed by atoms with Crippen LogP contribution in [0.25, 0.3) is 0 Å². The lowest BCUT2D eigenvalue weighted by molar-refractivity contribution is -0.906. The van der Waals surface area contributed by atoms with E-state index in [1.54, 1.807) is 0 Å². The van der Waals surface area contributed by atoms with Gasteiger partial charge in [-0.3, -0.25) is 0 Å². The van der Waals surface area contributed by atoms with Crippen molar-refractivity contribution in [3.8, 4) is 0 Å². The predicted molar refractivity (Wildman–Crippen MR) is 190 cm³/mol. The first-order valence-corrected chi connectivity index (χ1v) is 19.1. The Balaban J connectivity index is 0.0000185. The zero-order chi connectivity index (χ0) is 31.1. The Morgan fingerprint density at radius 1 is 0.523 bits per heavy atom. The van der Waals surface area contributed by atoms with Gasteiger partial charge in [0.2, 0.25) is 0 Å². The van der Waals surface area contributed by atoms with Crippen molar-refractivity contribution in [3.63, 3.8) is 0 Å². The van der Waals surface area contributed by atoms with Gasteiger partial charge in [-0.2, -0.15) is 0 Å². The molecule has 4 heteroatoms. The number of halogens is 1. The molecule has 0 N–H and O–H groups in total. The molecule has 0 aromatic heterocycles. The van der Waals surface area contributed by atoms with Gasteiger partial charge in [0, 0.05) is 18.8 Å². The van der Waals surface area contributed by atoms with E-state index in [1.165, 1.54) is 160 Å². The average molecular weight is 730 g/mol. The van der Waals surface area contributed by atoms with E-state index in [4.69, 9.17) is 9.47 Å². The highest BCUT2D eigenvalue weighted by Gasteiger charge is 2.23. The van der Waals surface area contributed by atoms with Crippen molar-refractivity contribution >= 4 is 0 Å². The second kappa shape index (κ2) is 32.8. The number of nitrogens with zero attached hydrogens (tertiary/aromatic N) is 1. The topological polar surface area (TPSA) is 18.5 Å². The van der Waals surface area contributed by atoms with Gasteiger partial charge in [-0.15, -0.1) is 0 Å². The van der Waals surface area contributed by atoms with Crippen molar-refractivity contribution in [2.24, 2.45) is 0 Å². The largest absolute Gasteiger partial charge is 1.00 e. The lowest BCUT2D eigenvalue weighted by Gasteiger charge is -2.33. The maximum atomic E-state index is 6.48. The first-order valence-electron chi connectivity index (χ1n) is 19.1. The van der Waals surface area contributed by atoms with E-state index in [9.17, 15) is 0 Å². The zero-order valence-corrected chi connectivity index (χ0v) is 32.3. The molecule has 260 valence electrons. The van der Waals surface area contributed by atoms with Crippen molar-refractivity contribution in [1.82, 2.24) is 0 Å². The predicted octanol–water partition coefficient (Wildman–Crippen LogP) is 9.07. The van der Waals surface area contributed by atoms with Crippen LogP contribution in [0.4, 0.5) is 0 Å². The van der Waals surface area contributed by atoms with Gasteiger partial charge >= 0.3 is 0 Å². The summed E-state index contributed by atoms with van der Waals surface area (Å²) >= 11 is 0. The Morgan fingerprint density at radius 3 is 1.34 bits per heavy atom. The summed E-state index contributed by atoms with van der Waals surface area (Å²) in [7, 11) is 4.66. The molecule has 0 fully saturated rings. The Kier molecular flexibility index (Phi) is 32.6. The molecule has 0 aliphatic carbocycles. The fraction of sp³-hybridized carbons (Fsp3) is 0.850. The Hall–Kier alpha value is -0.170. The summed E-state index contributed by atoms with van der Waals surface area (Å²) in [5.41, 5.74) is 1.39. The van der Waals surface area contributed by atoms with Crippen LogP contribution in [0.1, 0.15) is 174 Å². The van der Waals surface area contributed by atoms with E-state index in [-0.39, 0.29) is 30.1 Å². The fourth-order valence-electron chi connectivity index (χ4n) is 6.30. The molecule has 0 radical (unpaired) electrons. The lowest BCUT2D eigenvalue weighted by atomic mass is 10.1. The van der Waals surface area contributed by atoms with Gasteiger partial charge in [-0.25, -0.2) is 0 Å². The number of hydrogen-bond acceptors (Lipinski definition) is 2. The van der Waals surface area contributed by atoms with Crippen LogP contribution in [0.15, 0.2) is 30.3 Å². The third-order valence-electron chi connectivity index (χ3n) is 8.95. The van der Waals surface area contributed by atoms with Crippen LogP contribution in [0.5, 0.6) is 0 Å². The van der Waals surface area contributed by atoms with Crippen LogP contribution in [0.2, 0.25) is 0 Å². The van der Waals surface area contributed by atoms with Gasteiger partial charge in [0.05, 0.1) is 20.7 Å². The molecule has 1 rings (SSSR count). The first-order chi connectivity index (χ1) is 21.1. The molecule has 0 aliphatic heterocycles. The van der Waals surface area contributed by atoms with E-state index >= 15 is 0 Å². The lowest BCUT2D eigenvalue weighted by Crippen LogP contribution is -3.00. The number of rotatable bonds is 33. The highest BCUT2D eigenvalue weighted by Crippen LogP contribution is 2.15. The minimum Gasteiger partial charge on any atom is -1.00 e. The molecule has 0 saturated heterocycles. The third kappa shape index (κ3) is 29.2. The van der Waals surface area contributed by atoms with Gasteiger partial charge in [0.1, 0.15) is 19.2 Å². The van der Waals surface area contributed by atoms with E-state index in [0.29, 0.717) is 0 Å². The summed E-state index contributed by atoms with van der Waals surface area (Å²) in [6, 6.07) is 10.9. The zero-order valence-electron chi connectivity index (χ0n) is 30.1. The minimum absolute atomic E-state index is 0. The molecule has 1 atom stereocenters. The van der Waals surface area contributed by atoms with E-state index in [1.807, 2.05) is 0 Å². The standard InChI is InChI=1S/C40H76NO2.HI/c1-5-7-9-11-13-15-17-19-21-23-25-30-34-42-38-40(37-41(3,4)36-39-32-28-27-29-33-39)43-35-31-26-24-22-20-18-16-14-12-10-8-6-2;/h27-29,32-33,40H,5-26,30-31,34-38H2,1-4H3;1H/q+1;/p-1/t40-;/m0./s1. The van der Waals surface area contributed by atoms with Crippen LogP contribution in [-0.2, 0) is 16.0 Å². The summed E-state index contributed by atoms with van der Waals surface area (Å²) in [6.07, 6.45) is 33.4. The van der Waals surface area contributed by atoms with Crippen molar-refractivity contribution in [2.45, 2.75) is 181 Å². The Labute approximate surface area is 293 Å². The molecule has 0 saturated carbocycles. The minimum atomic E-state index is 0. The van der Waals surface area contributed by atoms with E-state index in [0.717, 1.165) is 37.4 Å². The molecular formula is C40H76INO2. The normalized spacial score (nSPS) is 12.4. The molecule has 0 aliphatic rings. The Bertz CT molecular complexity index is 683. The van der Waals surface area contributed by atoms with Crippen LogP contribution < -0.4 is 24.0 Å². The highest BCUT2D eigenvalue weighted by molar-refractivity contribution is 5.13. The molecule has 0 amide bonds. The molecular weight excluding hydrogens is 653 g/mol. The fourth-order valence-corrected chi connectivity index (χ4v) is 6.30. The summed E-state index contributed by atoms with van der Waals surface area (Å²) in [4.78, 5) is 0. The van der Waals surface area contributed by atoms with Gasteiger partial charge in [0.25, 0.3) is 0 Å². The number of ether oxygens (including phenoxy) is 2. The van der Waals surface area contributed by atoms with Gasteiger partial charge in [-0.1, -0.05) is 185 Å². The first kappa shape index (κ1) is 43.8. The number of unbranched alkanes of at least 4 members (excludes halogenated alkanes) is 22. The number of benzene rings is 1. The summed E-state index contributed by atoms with van der Waals surface area (Å²) in [5, 5.41) is 0. The third-order valence-corrected chi connectivity index (χ3v) is 8.95. The van der Waals surface area contributed by atoms with Gasteiger partial charge in [-0.05, 0) is 12.8 Å². The summed E-state index contributed by atoms with van der Waals surface area (Å²) < 4.78 is 13.6. The summed E-state index contributed by atoms with van der Waals surface area (Å²) in [6.45, 7) is 9.09. The maximum Gasteiger partial charge on any atom is 0.130 e. The highest BCUT2D eigenvalue weighted by atomic mass is 127. The van der Waals surface area contributed by atoms with Crippen molar-refractivity contribution in [1.29, 1.82) is 0 Å². The van der Waals surface area contributed by atoms with Crippen molar-refractivity contribution in [2.75, 3.05) is 40.5 Å². The van der Waals surface area contributed by atoms with Crippen LogP contribution in [-0.4, -0.2) is 51.0 Å². The number of likely N-dealkylation sites (N-methyl/N-ethyl adjacent to an activating group) is 1. The molecule has 1 aromatic rings. The second-order valence-electron chi connectivity index (χ2n) is 14.1. The molecule has 0 bridgehead atoms. The smallest absolute Gasteiger partial charge is 0.130 e. The van der Waals surface area contributed by atoms with Gasteiger partial charge < -0.3 is 37.9 Å². The van der Waals surface area contributed by atoms with E-state index < -0.39 is 0 Å². The van der Waals surface area contributed by atoms with Crippen LogP contribution in [0, 0.1) is 0 Å². The monoisotopic (exact) mass is 729 g/mol. The average Bonchev–Trinajstić information content (AvgIpc) is 2.99. The van der Waals surface area contributed by atoms with Crippen molar-refractivity contribution in [3.05, 3.63) is 35.9 Å². The number of hydrogen-bond donors (Lipinski definition) is 0. The number of quaternary nitrogens is 1. The molecule has 0 spiro atoms. The van der Waals surface area contributed by atoms with Crippen molar-refractivity contribution < 1.29 is 37.9 Å². The summed E-state index contributed by atoms with van der Waals surface area (Å²) in [5.74, 6) is 0. The Morgan fingerprint density at radius 2 is 0.909 bits per heavy atom. The molecule has 1 aromatic carbocycles. The van der Waals surface area contributed by atoms with Crippen LogP contribution >= 0.6 is 0 Å². The molecule has 44 heavy (non-hydrogen) atoms. The maximum absolute atomic E-state index is 6.48. The van der Waals surface area contributed by atoms with Crippen LogP contribution in [0.3, 0.4) is 0 Å². The molecule has 3 nitrogen and oxygen atoms in total. The van der Waals surface area contributed by atoms with E-state index in [2.05, 4.69) is 58.3 Å². The van der Waals surface area contributed by atoms with Gasteiger partial charge in [0.15, 0.2) is 0 Å². The molecule has 0 unspecified atom stereocenters. The quantitative estimate of drug-likeness (QED) is 0.0409. The SMILES string of the molecule is CCCCCCCCCCCCCCOC[C@H](C[N+](C)(C)Cc1ccccc1)OCCCCCCCCCCCCCC.[I-]. The second-order valence-corrected chi connectivity index (χ2v) is 14.1.